The van der Waals surface area contributed by atoms with Crippen LogP contribution in [-0.2, 0) is 21.1 Å². The van der Waals surface area contributed by atoms with Crippen molar-refractivity contribution in [3.05, 3.63) is 164 Å². The molecule has 8 aromatic rings. The number of ether oxygens (including phenoxy) is 1. The molecule has 0 radical (unpaired) electrons. The van der Waals surface area contributed by atoms with Crippen molar-refractivity contribution in [2.75, 3.05) is 9.62 Å². The van der Waals surface area contributed by atoms with E-state index >= 15 is 0 Å². The van der Waals surface area contributed by atoms with Crippen molar-refractivity contribution in [2.45, 2.75) is 13.1 Å². The van der Waals surface area contributed by atoms with Crippen LogP contribution < -0.4 is 34.8 Å². The molecule has 6 aromatic carbocycles. The number of aromatic nitrogens is 3. The van der Waals surface area contributed by atoms with Crippen LogP contribution in [0.4, 0.5) is 22.9 Å². The number of hydrogen-bond donors (Lipinski definition) is 0. The molecule has 0 atom stereocenters. The molecule has 0 spiro atoms. The molecule has 0 amide bonds. The maximum absolute atomic E-state index is 6.65. The minimum Gasteiger partial charge on any atom is -0.510 e. The molecule has 6 nitrogen and oxygen atoms in total. The molecular weight excluding hydrogens is 848 g/mol. The van der Waals surface area contributed by atoms with Crippen LogP contribution in [0.5, 0.6) is 11.5 Å². The fraction of sp³-hybridized carbons (Fsp3) is 0.0455. The smallest absolute Gasteiger partial charge is 0.420 e. The Balaban J connectivity index is 0.00000349. The predicted octanol–water partition coefficient (Wildman–Crippen LogP) is 7.29. The summed E-state index contributed by atoms with van der Waals surface area (Å²) < 4.78 is 11.0. The van der Waals surface area contributed by atoms with Crippen molar-refractivity contribution in [1.82, 2.24) is 9.55 Å². The second-order valence-corrected chi connectivity index (χ2v) is 18.4. The quantitative estimate of drug-likeness (QED) is 0.106. The van der Waals surface area contributed by atoms with Gasteiger partial charge in [0.1, 0.15) is 5.82 Å². The maximum Gasteiger partial charge on any atom is 0.420 e. The number of para-hydroxylation sites is 3. The Morgan fingerprint density at radius 1 is 0.660 bits per heavy atom. The van der Waals surface area contributed by atoms with Gasteiger partial charge in [0, 0.05) is 58.1 Å². The normalized spacial score (nSPS) is 14.1. The third kappa shape index (κ3) is 4.62. The Hall–Kier alpha value is -5.69. The number of rotatable bonds is 4. The van der Waals surface area contributed by atoms with E-state index in [9.17, 15) is 0 Å². The first-order chi connectivity index (χ1) is 25.6. The van der Waals surface area contributed by atoms with Crippen LogP contribution in [0.3, 0.4) is 0 Å². The fourth-order valence-corrected chi connectivity index (χ4v) is 11.4. The van der Waals surface area contributed by atoms with Crippen molar-refractivity contribution in [2.24, 2.45) is 0 Å². The number of pyridine rings is 1. The number of nitrogens with zero attached hydrogens (tertiary/aromatic N) is 5. The van der Waals surface area contributed by atoms with Gasteiger partial charge in [0.2, 0.25) is 0 Å². The third-order valence-corrected chi connectivity index (χ3v) is 14.3. The zero-order valence-electron chi connectivity index (χ0n) is 28.9. The second kappa shape index (κ2) is 11.9. The van der Waals surface area contributed by atoms with E-state index < -0.39 is 8.07 Å². The molecule has 0 N–H and O–H groups in total. The van der Waals surface area contributed by atoms with Crippen LogP contribution in [0.1, 0.15) is 0 Å². The van der Waals surface area contributed by atoms with Crippen molar-refractivity contribution in [3.63, 3.8) is 0 Å². The molecule has 0 bridgehead atoms. The van der Waals surface area contributed by atoms with Gasteiger partial charge in [0.15, 0.2) is 0 Å². The predicted molar refractivity (Wildman–Crippen MR) is 210 cm³/mol. The van der Waals surface area contributed by atoms with Crippen molar-refractivity contribution < 1.29 is 30.4 Å². The van der Waals surface area contributed by atoms with E-state index in [0.717, 1.165) is 39.8 Å². The Kier molecular flexibility index (Phi) is 7.20. The minimum absolute atomic E-state index is 0. The molecule has 0 unspecified atom stereocenters. The molecule has 0 saturated heterocycles. The maximum atomic E-state index is 6.65. The number of hydrogen-bond acceptors (Lipinski definition) is 4. The van der Waals surface area contributed by atoms with Crippen molar-refractivity contribution in [3.8, 4) is 34.0 Å². The van der Waals surface area contributed by atoms with Crippen LogP contribution in [0, 0.1) is 18.5 Å². The zero-order valence-corrected chi connectivity index (χ0v) is 32.2. The Labute approximate surface area is 324 Å². The van der Waals surface area contributed by atoms with Crippen LogP contribution >= 0.6 is 0 Å². The number of anilines is 4. The van der Waals surface area contributed by atoms with Crippen molar-refractivity contribution in [1.29, 1.82) is 0 Å². The van der Waals surface area contributed by atoms with Crippen LogP contribution in [-0.4, -0.2) is 24.6 Å². The number of fused-ring (bicyclic) bond motifs is 10. The summed E-state index contributed by atoms with van der Waals surface area (Å²) >= 11 is 0. The summed E-state index contributed by atoms with van der Waals surface area (Å²) in [6.07, 6.45) is 5.54. The largest absolute Gasteiger partial charge is 0.510 e. The average Bonchev–Trinajstić information content (AvgIpc) is 3.75. The SMILES string of the molecule is C[Si]1(C)c2ccc(Oc3[c-]c(N4B5c6ccccc6-c6ccccc6N5c5cccnc54)ccc3)[c-]c2-n2[c-][n+](-c3ccccc3)c3cccc1c32.[Pt]. The first kappa shape index (κ1) is 32.0. The van der Waals surface area contributed by atoms with Gasteiger partial charge in [-0.1, -0.05) is 103 Å². The van der Waals surface area contributed by atoms with Gasteiger partial charge >= 0.3 is 6.98 Å². The van der Waals surface area contributed by atoms with Gasteiger partial charge in [0.05, 0.1) is 22.4 Å². The van der Waals surface area contributed by atoms with Crippen LogP contribution in [0.2, 0.25) is 13.1 Å². The average molecular weight is 879 g/mol. The van der Waals surface area contributed by atoms with Gasteiger partial charge in [-0.25, -0.2) is 4.98 Å². The number of imidazole rings is 1. The Bertz CT molecular complexity index is 2750. The third-order valence-electron chi connectivity index (χ3n) is 10.8. The van der Waals surface area contributed by atoms with Gasteiger partial charge in [-0.15, -0.1) is 35.5 Å². The molecule has 2 aromatic heterocycles. The number of benzene rings is 6. The standard InChI is InChI=1S/C44H30BN5OSi.Pt/c1-52(2)41-25-24-33(28-40(41)48-29-47(30-13-4-3-5-14-30)38-21-11-23-42(52)43(38)48)51-32-16-10-15-31(27-32)49-44-39(22-12-26-46-44)50-37-20-9-7-18-35(37)34-17-6-8-19-36(34)45(49)50;/h3-26H,1-2H3;/q-2;. The summed E-state index contributed by atoms with van der Waals surface area (Å²) in [6, 6.07) is 56.2. The Morgan fingerprint density at radius 3 is 2.30 bits per heavy atom. The molecule has 0 aliphatic carbocycles. The van der Waals surface area contributed by atoms with Gasteiger partial charge < -0.3 is 18.9 Å². The zero-order chi connectivity index (χ0) is 34.6. The van der Waals surface area contributed by atoms with E-state index in [-0.39, 0.29) is 28.0 Å². The summed E-state index contributed by atoms with van der Waals surface area (Å²) in [5.74, 6) is 2.14. The van der Waals surface area contributed by atoms with E-state index in [4.69, 9.17) is 9.72 Å². The summed E-state index contributed by atoms with van der Waals surface area (Å²) in [5, 5.41) is 2.70. The van der Waals surface area contributed by atoms with E-state index in [2.05, 4.69) is 166 Å². The molecule has 5 heterocycles. The van der Waals surface area contributed by atoms with Gasteiger partial charge in [0.25, 0.3) is 6.33 Å². The molecule has 3 aliphatic rings. The minimum atomic E-state index is -2.06. The van der Waals surface area contributed by atoms with E-state index in [1.807, 2.05) is 30.5 Å². The first-order valence-electron chi connectivity index (χ1n) is 17.6. The molecule has 0 fully saturated rings. The second-order valence-electron chi connectivity index (χ2n) is 14.1. The molecule has 256 valence electrons. The van der Waals surface area contributed by atoms with Crippen LogP contribution in [0.15, 0.2) is 146 Å². The Morgan fingerprint density at radius 2 is 1.42 bits per heavy atom. The van der Waals surface area contributed by atoms with E-state index in [1.165, 1.54) is 32.5 Å². The fourth-order valence-electron chi connectivity index (χ4n) is 8.48. The molecule has 9 heteroatoms. The monoisotopic (exact) mass is 878 g/mol. The topological polar surface area (TPSA) is 37.4 Å². The summed E-state index contributed by atoms with van der Waals surface area (Å²) in [4.78, 5) is 9.62. The van der Waals surface area contributed by atoms with Gasteiger partial charge in [-0.05, 0) is 47.0 Å². The summed E-state index contributed by atoms with van der Waals surface area (Å²) in [5.41, 5.74) is 11.2. The molecule has 3 aliphatic heterocycles. The van der Waals surface area contributed by atoms with Gasteiger partial charge in [-0.3, -0.25) is 4.57 Å². The molecule has 0 saturated carbocycles. The van der Waals surface area contributed by atoms with Crippen LogP contribution in [0.25, 0.3) is 33.5 Å². The van der Waals surface area contributed by atoms with Crippen molar-refractivity contribution >= 4 is 64.8 Å². The molecule has 53 heavy (non-hydrogen) atoms. The summed E-state index contributed by atoms with van der Waals surface area (Å²) in [7, 11) is -2.06. The van der Waals surface area contributed by atoms with Gasteiger partial charge in [-0.2, -0.15) is 12.1 Å². The van der Waals surface area contributed by atoms with E-state index in [1.54, 1.807) is 0 Å². The first-order valence-corrected chi connectivity index (χ1v) is 20.6. The molecular formula is C44H30BN5OPtSi-2. The molecule has 11 rings (SSSR count). The van der Waals surface area contributed by atoms with E-state index in [0.29, 0.717) is 11.5 Å². The summed E-state index contributed by atoms with van der Waals surface area (Å²) in [6.45, 7) is 4.71.